The summed E-state index contributed by atoms with van der Waals surface area (Å²) < 4.78 is 0. The van der Waals surface area contributed by atoms with Gasteiger partial charge in [0.1, 0.15) is 0 Å². The molecule has 4 heteroatoms. The summed E-state index contributed by atoms with van der Waals surface area (Å²) in [5.41, 5.74) is 2.72. The van der Waals surface area contributed by atoms with Crippen molar-refractivity contribution in [2.24, 2.45) is 0 Å². The molecule has 0 amide bonds. The average Bonchev–Trinajstić information content (AvgIpc) is 2.91. The van der Waals surface area contributed by atoms with Crippen molar-refractivity contribution < 1.29 is 4.92 Å². The minimum absolute atomic E-state index is 0.230. The van der Waals surface area contributed by atoms with E-state index in [0.717, 1.165) is 19.3 Å². The monoisotopic (exact) mass is 246 g/mol. The van der Waals surface area contributed by atoms with Crippen LogP contribution in [0.4, 0.5) is 5.69 Å². The first-order chi connectivity index (χ1) is 8.74. The van der Waals surface area contributed by atoms with Gasteiger partial charge in [-0.15, -0.1) is 0 Å². The lowest BCUT2D eigenvalue weighted by molar-refractivity contribution is -0.384. The van der Waals surface area contributed by atoms with Crippen molar-refractivity contribution in [2.45, 2.75) is 38.1 Å². The quantitative estimate of drug-likeness (QED) is 0.595. The number of benzene rings is 1. The minimum atomic E-state index is -0.299. The van der Waals surface area contributed by atoms with Crippen LogP contribution in [0.15, 0.2) is 18.2 Å². The lowest BCUT2D eigenvalue weighted by Gasteiger charge is -2.32. The van der Waals surface area contributed by atoms with E-state index in [1.165, 1.54) is 37.1 Å². The molecule has 3 rings (SSSR count). The highest BCUT2D eigenvalue weighted by Crippen LogP contribution is 2.29. The van der Waals surface area contributed by atoms with E-state index in [4.69, 9.17) is 0 Å². The van der Waals surface area contributed by atoms with E-state index in [1.54, 1.807) is 12.1 Å². The Kier molecular flexibility index (Phi) is 3.04. The smallest absolute Gasteiger partial charge is 0.269 e. The fourth-order valence-corrected chi connectivity index (χ4v) is 3.25. The molecule has 0 spiro atoms. The zero-order valence-electron chi connectivity index (χ0n) is 10.5. The highest BCUT2D eigenvalue weighted by Gasteiger charge is 2.26. The molecule has 0 bridgehead atoms. The molecule has 1 fully saturated rings. The number of non-ortho nitro benzene ring substituents is 1. The van der Waals surface area contributed by atoms with Crippen molar-refractivity contribution in [1.82, 2.24) is 4.90 Å². The van der Waals surface area contributed by atoms with Gasteiger partial charge in [0.05, 0.1) is 4.92 Å². The lowest BCUT2D eigenvalue weighted by atomic mass is 9.87. The second-order valence-electron chi connectivity index (χ2n) is 5.35. The van der Waals surface area contributed by atoms with Crippen molar-refractivity contribution in [3.63, 3.8) is 0 Å². The summed E-state index contributed by atoms with van der Waals surface area (Å²) in [6, 6.07) is 6.01. The molecule has 1 aliphatic heterocycles. The molecule has 1 unspecified atom stereocenters. The number of hydrogen-bond donors (Lipinski definition) is 0. The van der Waals surface area contributed by atoms with E-state index in [-0.39, 0.29) is 10.6 Å². The molecule has 0 N–H and O–H groups in total. The van der Waals surface area contributed by atoms with Crippen LogP contribution in [0.25, 0.3) is 0 Å². The van der Waals surface area contributed by atoms with Crippen LogP contribution in [-0.2, 0) is 12.8 Å². The molecule has 1 heterocycles. The van der Waals surface area contributed by atoms with E-state index in [9.17, 15) is 10.1 Å². The molecule has 18 heavy (non-hydrogen) atoms. The molecular formula is C14H18N2O2. The fraction of sp³-hybridized carbons (Fsp3) is 0.571. The van der Waals surface area contributed by atoms with Crippen LogP contribution in [-0.4, -0.2) is 29.0 Å². The van der Waals surface area contributed by atoms with Gasteiger partial charge < -0.3 is 4.90 Å². The number of nitrogens with zero attached hydrogens (tertiary/aromatic N) is 2. The Labute approximate surface area is 107 Å². The summed E-state index contributed by atoms with van der Waals surface area (Å²) in [6.07, 6.45) is 5.84. The molecule has 0 radical (unpaired) electrons. The van der Waals surface area contributed by atoms with Gasteiger partial charge in [0.25, 0.3) is 5.69 Å². The van der Waals surface area contributed by atoms with Crippen LogP contribution in [0.2, 0.25) is 0 Å². The van der Waals surface area contributed by atoms with Crippen LogP contribution >= 0.6 is 0 Å². The largest absolute Gasteiger partial charge is 0.300 e. The first kappa shape index (κ1) is 11.7. The number of nitro benzene ring substituents is 1. The van der Waals surface area contributed by atoms with Crippen LogP contribution in [0.5, 0.6) is 0 Å². The number of likely N-dealkylation sites (tertiary alicyclic amines) is 1. The maximum atomic E-state index is 10.8. The van der Waals surface area contributed by atoms with E-state index in [1.807, 2.05) is 6.07 Å². The Bertz CT molecular complexity index is 467. The SMILES string of the molecule is O=[N+]([O-])c1ccc2c(c1)CCC(N1CCCC1)C2. The van der Waals surface area contributed by atoms with Crippen LogP contribution in [0, 0.1) is 10.1 Å². The van der Waals surface area contributed by atoms with Gasteiger partial charge in [0.2, 0.25) is 0 Å². The van der Waals surface area contributed by atoms with Gasteiger partial charge in [-0.2, -0.15) is 0 Å². The molecule has 1 saturated heterocycles. The van der Waals surface area contributed by atoms with Crippen molar-refractivity contribution in [2.75, 3.05) is 13.1 Å². The average molecular weight is 246 g/mol. The normalized spacial score (nSPS) is 23.9. The van der Waals surface area contributed by atoms with Gasteiger partial charge in [0, 0.05) is 18.2 Å². The predicted molar refractivity (Wildman–Crippen MR) is 69.7 cm³/mol. The highest BCUT2D eigenvalue weighted by molar-refractivity contribution is 5.41. The number of hydrogen-bond acceptors (Lipinski definition) is 3. The molecule has 1 aliphatic carbocycles. The van der Waals surface area contributed by atoms with Gasteiger partial charge in [-0.25, -0.2) is 0 Å². The van der Waals surface area contributed by atoms with Gasteiger partial charge in [-0.05, 0) is 56.3 Å². The Hall–Kier alpha value is -1.42. The Balaban J connectivity index is 1.78. The minimum Gasteiger partial charge on any atom is -0.300 e. The van der Waals surface area contributed by atoms with Crippen LogP contribution in [0.3, 0.4) is 0 Å². The maximum Gasteiger partial charge on any atom is 0.269 e. The zero-order valence-corrected chi connectivity index (χ0v) is 10.5. The third kappa shape index (κ3) is 2.12. The first-order valence-electron chi connectivity index (χ1n) is 6.74. The molecular weight excluding hydrogens is 228 g/mol. The fourth-order valence-electron chi connectivity index (χ4n) is 3.25. The topological polar surface area (TPSA) is 46.4 Å². The highest BCUT2D eigenvalue weighted by atomic mass is 16.6. The standard InChI is InChI=1S/C14H18N2O2/c17-16(18)14-6-4-11-9-13(5-3-12(11)10-14)15-7-1-2-8-15/h4,6,10,13H,1-3,5,7-9H2. The first-order valence-corrected chi connectivity index (χ1v) is 6.74. The van der Waals surface area contributed by atoms with Gasteiger partial charge in [0.15, 0.2) is 0 Å². The zero-order chi connectivity index (χ0) is 12.5. The molecule has 4 nitrogen and oxygen atoms in total. The van der Waals surface area contributed by atoms with Crippen LogP contribution < -0.4 is 0 Å². The number of rotatable bonds is 2. The second kappa shape index (κ2) is 4.69. The van der Waals surface area contributed by atoms with Crippen LogP contribution in [0.1, 0.15) is 30.4 Å². The van der Waals surface area contributed by atoms with Gasteiger partial charge in [-0.1, -0.05) is 6.07 Å². The molecule has 2 aliphatic rings. The van der Waals surface area contributed by atoms with Crippen molar-refractivity contribution in [3.8, 4) is 0 Å². The number of nitro groups is 1. The maximum absolute atomic E-state index is 10.8. The van der Waals surface area contributed by atoms with Crippen molar-refractivity contribution >= 4 is 5.69 Å². The van der Waals surface area contributed by atoms with E-state index in [2.05, 4.69) is 4.90 Å². The summed E-state index contributed by atoms with van der Waals surface area (Å²) in [7, 11) is 0. The summed E-state index contributed by atoms with van der Waals surface area (Å²) in [5.74, 6) is 0. The van der Waals surface area contributed by atoms with E-state index in [0.29, 0.717) is 6.04 Å². The molecule has 1 atom stereocenters. The van der Waals surface area contributed by atoms with E-state index >= 15 is 0 Å². The van der Waals surface area contributed by atoms with E-state index < -0.39 is 0 Å². The van der Waals surface area contributed by atoms with Gasteiger partial charge in [-0.3, -0.25) is 10.1 Å². The second-order valence-corrected chi connectivity index (χ2v) is 5.35. The summed E-state index contributed by atoms with van der Waals surface area (Å²) in [4.78, 5) is 13.0. The van der Waals surface area contributed by atoms with Crippen molar-refractivity contribution in [3.05, 3.63) is 39.4 Å². The molecule has 0 saturated carbocycles. The Morgan fingerprint density at radius 2 is 2.00 bits per heavy atom. The predicted octanol–water partition coefficient (Wildman–Crippen LogP) is 2.55. The van der Waals surface area contributed by atoms with Crippen molar-refractivity contribution in [1.29, 1.82) is 0 Å². The Morgan fingerprint density at radius 1 is 1.22 bits per heavy atom. The molecule has 1 aromatic rings. The molecule has 0 aromatic heterocycles. The summed E-state index contributed by atoms with van der Waals surface area (Å²) in [6.45, 7) is 2.46. The number of fused-ring (bicyclic) bond motifs is 1. The Morgan fingerprint density at radius 3 is 2.72 bits per heavy atom. The number of aryl methyl sites for hydroxylation is 1. The lowest BCUT2D eigenvalue weighted by Crippen LogP contribution is -2.37. The molecule has 1 aromatic carbocycles. The summed E-state index contributed by atoms with van der Waals surface area (Å²) >= 11 is 0. The van der Waals surface area contributed by atoms with Gasteiger partial charge >= 0.3 is 0 Å². The molecule has 96 valence electrons. The third-order valence-corrected chi connectivity index (χ3v) is 4.26. The third-order valence-electron chi connectivity index (χ3n) is 4.26. The summed E-state index contributed by atoms with van der Waals surface area (Å²) in [5, 5.41) is 10.8.